The van der Waals surface area contributed by atoms with Gasteiger partial charge in [0.2, 0.25) is 5.82 Å². The second kappa shape index (κ2) is 8.96. The molecule has 0 aliphatic carbocycles. The van der Waals surface area contributed by atoms with Crippen LogP contribution in [0.25, 0.3) is 28.2 Å². The number of aromatic nitrogens is 7. The van der Waals surface area contributed by atoms with E-state index in [-0.39, 0.29) is 5.65 Å². The molecule has 0 bridgehead atoms. The van der Waals surface area contributed by atoms with Crippen LogP contribution in [-0.2, 0) is 16.3 Å². The lowest BCUT2D eigenvalue weighted by atomic mass is 9.99. The standard InChI is InChI=1S/C23H19F3N8O2S/c1-3-15-12-20(34-22(28-15)19(13-27-34)37(35,36)23(24,25)26)33(2)16-10-8-14(9-11-16)17-6-4-5-7-18(17)21-29-31-32-30-21/h4-13H,3H2,1-2H3,(H,29,30,31,32). The van der Waals surface area contributed by atoms with Crippen LogP contribution in [0, 0.1) is 0 Å². The number of aromatic amines is 1. The number of hydrogen-bond acceptors (Lipinski definition) is 8. The minimum absolute atomic E-state index is 0.352. The Morgan fingerprint density at radius 1 is 1.05 bits per heavy atom. The molecule has 10 nitrogen and oxygen atoms in total. The highest BCUT2D eigenvalue weighted by molar-refractivity contribution is 7.92. The molecule has 0 aliphatic rings. The molecule has 0 fully saturated rings. The SMILES string of the molecule is CCc1cc(N(C)c2ccc(-c3ccccc3-c3nn[nH]n3)cc2)n2ncc(S(=O)(=O)C(F)(F)F)c2n1. The van der Waals surface area contributed by atoms with Crippen molar-refractivity contribution >= 4 is 27.0 Å². The average molecular weight is 529 g/mol. The Balaban J connectivity index is 1.56. The van der Waals surface area contributed by atoms with Crippen molar-refractivity contribution in [2.75, 3.05) is 11.9 Å². The highest BCUT2D eigenvalue weighted by Gasteiger charge is 2.49. The number of benzene rings is 2. The van der Waals surface area contributed by atoms with Crippen molar-refractivity contribution in [3.05, 3.63) is 66.5 Å². The Morgan fingerprint density at radius 2 is 1.76 bits per heavy atom. The summed E-state index contributed by atoms with van der Waals surface area (Å²) in [6.07, 6.45) is 1.06. The van der Waals surface area contributed by atoms with E-state index in [1.165, 1.54) is 0 Å². The van der Waals surface area contributed by atoms with Gasteiger partial charge in [-0.05, 0) is 34.9 Å². The van der Waals surface area contributed by atoms with E-state index in [4.69, 9.17) is 0 Å². The average Bonchev–Trinajstić information content (AvgIpc) is 3.58. The van der Waals surface area contributed by atoms with Gasteiger partial charge in [0.15, 0.2) is 5.65 Å². The first kappa shape index (κ1) is 24.4. The number of sulfone groups is 1. The van der Waals surface area contributed by atoms with Crippen molar-refractivity contribution in [2.45, 2.75) is 23.7 Å². The molecule has 0 saturated heterocycles. The van der Waals surface area contributed by atoms with Crippen LogP contribution in [0.5, 0.6) is 0 Å². The number of nitrogens with zero attached hydrogens (tertiary/aromatic N) is 7. The highest BCUT2D eigenvalue weighted by Crippen LogP contribution is 2.35. The molecule has 0 aliphatic heterocycles. The van der Waals surface area contributed by atoms with Gasteiger partial charge >= 0.3 is 5.51 Å². The molecule has 1 N–H and O–H groups in total. The van der Waals surface area contributed by atoms with Gasteiger partial charge in [-0.3, -0.25) is 0 Å². The molecule has 0 spiro atoms. The van der Waals surface area contributed by atoms with Crippen LogP contribution in [0.2, 0.25) is 0 Å². The van der Waals surface area contributed by atoms with Gasteiger partial charge < -0.3 is 4.90 Å². The summed E-state index contributed by atoms with van der Waals surface area (Å²) in [4.78, 5) is 4.84. The van der Waals surface area contributed by atoms with Gasteiger partial charge in [-0.15, -0.1) is 10.2 Å². The van der Waals surface area contributed by atoms with Crippen molar-refractivity contribution < 1.29 is 21.6 Å². The third-order valence-electron chi connectivity index (χ3n) is 5.85. The quantitative estimate of drug-likeness (QED) is 0.348. The number of aryl methyl sites for hydroxylation is 1. The van der Waals surface area contributed by atoms with Crippen LogP contribution in [-0.4, -0.2) is 56.2 Å². The molecular weight excluding hydrogens is 509 g/mol. The van der Waals surface area contributed by atoms with E-state index in [1.54, 1.807) is 24.9 Å². The summed E-state index contributed by atoms with van der Waals surface area (Å²) in [7, 11) is -3.93. The molecule has 0 amide bonds. The lowest BCUT2D eigenvalue weighted by Gasteiger charge is -2.21. The predicted octanol–water partition coefficient (Wildman–Crippen LogP) is 4.20. The van der Waals surface area contributed by atoms with Crippen LogP contribution >= 0.6 is 0 Å². The number of nitrogens with one attached hydrogen (secondary N) is 1. The van der Waals surface area contributed by atoms with Crippen molar-refractivity contribution in [3.8, 4) is 22.5 Å². The molecule has 3 aromatic heterocycles. The molecular formula is C23H19F3N8O2S. The molecule has 0 atom stereocenters. The van der Waals surface area contributed by atoms with Crippen LogP contribution in [0.3, 0.4) is 0 Å². The van der Waals surface area contributed by atoms with Crippen LogP contribution < -0.4 is 4.90 Å². The van der Waals surface area contributed by atoms with Gasteiger partial charge in [0.1, 0.15) is 10.7 Å². The number of halogens is 3. The lowest BCUT2D eigenvalue weighted by molar-refractivity contribution is -0.0435. The van der Waals surface area contributed by atoms with Crippen molar-refractivity contribution in [2.24, 2.45) is 0 Å². The molecule has 0 unspecified atom stereocenters. The zero-order valence-electron chi connectivity index (χ0n) is 19.5. The van der Waals surface area contributed by atoms with E-state index in [2.05, 4.69) is 30.7 Å². The second-order valence-electron chi connectivity index (χ2n) is 8.04. The maximum absolute atomic E-state index is 13.3. The number of alkyl halides is 3. The molecule has 190 valence electrons. The second-order valence-corrected chi connectivity index (χ2v) is 9.95. The monoisotopic (exact) mass is 528 g/mol. The lowest BCUT2D eigenvalue weighted by Crippen LogP contribution is -2.23. The maximum Gasteiger partial charge on any atom is 0.502 e. The van der Waals surface area contributed by atoms with Crippen molar-refractivity contribution in [1.29, 1.82) is 0 Å². The van der Waals surface area contributed by atoms with E-state index in [9.17, 15) is 21.6 Å². The van der Waals surface area contributed by atoms with Crippen molar-refractivity contribution in [3.63, 3.8) is 0 Å². The van der Waals surface area contributed by atoms with E-state index in [0.717, 1.165) is 21.2 Å². The fourth-order valence-corrected chi connectivity index (χ4v) is 4.72. The third-order valence-corrected chi connectivity index (χ3v) is 7.33. The van der Waals surface area contributed by atoms with E-state index in [0.29, 0.717) is 35.6 Å². The molecule has 14 heteroatoms. The van der Waals surface area contributed by atoms with Gasteiger partial charge in [-0.25, -0.2) is 13.4 Å². The first-order valence-electron chi connectivity index (χ1n) is 11.0. The largest absolute Gasteiger partial charge is 0.502 e. The Kier molecular flexibility index (Phi) is 5.90. The minimum Gasteiger partial charge on any atom is -0.329 e. The first-order chi connectivity index (χ1) is 17.6. The molecule has 5 aromatic rings. The van der Waals surface area contributed by atoms with Gasteiger partial charge in [0.05, 0.1) is 6.20 Å². The van der Waals surface area contributed by atoms with Crippen LogP contribution in [0.1, 0.15) is 12.6 Å². The summed E-state index contributed by atoms with van der Waals surface area (Å²) < 4.78 is 65.1. The van der Waals surface area contributed by atoms with Crippen molar-refractivity contribution in [1.82, 2.24) is 35.2 Å². The summed E-state index contributed by atoms with van der Waals surface area (Å²) >= 11 is 0. The number of H-pyrrole nitrogens is 1. The molecule has 3 heterocycles. The third kappa shape index (κ3) is 4.18. The van der Waals surface area contributed by atoms with Crippen LogP contribution in [0.15, 0.2) is 65.7 Å². The van der Waals surface area contributed by atoms with Gasteiger partial charge in [0, 0.05) is 30.1 Å². The molecule has 0 saturated carbocycles. The molecule has 5 rings (SSSR count). The summed E-state index contributed by atoms with van der Waals surface area (Å²) in [6.45, 7) is 1.77. The normalized spacial score (nSPS) is 12.2. The smallest absolute Gasteiger partial charge is 0.329 e. The van der Waals surface area contributed by atoms with Gasteiger partial charge in [0.25, 0.3) is 9.84 Å². The molecule has 37 heavy (non-hydrogen) atoms. The summed E-state index contributed by atoms with van der Waals surface area (Å²) in [6, 6.07) is 16.6. The molecule has 0 radical (unpaired) electrons. The number of fused-ring (bicyclic) bond motifs is 1. The summed E-state index contributed by atoms with van der Waals surface area (Å²) in [5.74, 6) is 0.803. The molecule has 2 aromatic carbocycles. The fourth-order valence-electron chi connectivity index (χ4n) is 3.91. The number of anilines is 2. The number of rotatable bonds is 6. The van der Waals surface area contributed by atoms with Crippen LogP contribution in [0.4, 0.5) is 24.7 Å². The zero-order chi connectivity index (χ0) is 26.4. The fraction of sp³-hybridized carbons (Fsp3) is 0.174. The van der Waals surface area contributed by atoms with E-state index in [1.807, 2.05) is 48.5 Å². The minimum atomic E-state index is -5.63. The Bertz CT molecular complexity index is 1680. The maximum atomic E-state index is 13.3. The van der Waals surface area contributed by atoms with E-state index < -0.39 is 20.2 Å². The predicted molar refractivity (Wildman–Crippen MR) is 129 cm³/mol. The Hall–Kier alpha value is -4.33. The Labute approximate surface area is 208 Å². The summed E-state index contributed by atoms with van der Waals surface area (Å²) in [5.41, 5.74) is -2.21. The number of hydrogen-bond donors (Lipinski definition) is 1. The Morgan fingerprint density at radius 3 is 2.38 bits per heavy atom. The zero-order valence-corrected chi connectivity index (χ0v) is 20.3. The van der Waals surface area contributed by atoms with E-state index >= 15 is 0 Å². The highest BCUT2D eigenvalue weighted by atomic mass is 32.2. The summed E-state index contributed by atoms with van der Waals surface area (Å²) in [5, 5.41) is 18.1. The first-order valence-corrected chi connectivity index (χ1v) is 12.5. The number of tetrazole rings is 1. The van der Waals surface area contributed by atoms with Gasteiger partial charge in [-0.2, -0.15) is 28.0 Å². The topological polar surface area (TPSA) is 122 Å². The van der Waals surface area contributed by atoms with Gasteiger partial charge in [-0.1, -0.05) is 43.3 Å².